The van der Waals surface area contributed by atoms with Gasteiger partial charge in [-0.2, -0.15) is 0 Å². The number of ether oxygens (including phenoxy) is 1. The third-order valence-electron chi connectivity index (χ3n) is 5.79. The minimum absolute atomic E-state index is 0.0297. The van der Waals surface area contributed by atoms with Gasteiger partial charge in [0.2, 0.25) is 0 Å². The lowest BCUT2D eigenvalue weighted by molar-refractivity contribution is -0.140. The molecular weight excluding hydrogens is 463 g/mol. The van der Waals surface area contributed by atoms with Crippen LogP contribution < -0.4 is 4.74 Å². The van der Waals surface area contributed by atoms with Crippen LogP contribution in [0.2, 0.25) is 10.0 Å². The van der Waals surface area contributed by atoms with Crippen LogP contribution in [-0.2, 0) is 9.59 Å². The zero-order valence-electron chi connectivity index (χ0n) is 19.0. The monoisotopic (exact) mass is 490 g/mol. The fourth-order valence-corrected chi connectivity index (χ4v) is 4.27. The third kappa shape index (κ3) is 5.35. The van der Waals surface area contributed by atoms with Crippen molar-refractivity contribution in [3.05, 3.63) is 69.2 Å². The molecule has 1 fully saturated rings. The second-order valence-corrected chi connectivity index (χ2v) is 8.46. The number of likely N-dealkylation sites (N-methyl/N-ethyl adjacent to an activating group) is 1. The van der Waals surface area contributed by atoms with Crippen molar-refractivity contribution in [2.24, 2.45) is 0 Å². The van der Waals surface area contributed by atoms with E-state index >= 15 is 0 Å². The second kappa shape index (κ2) is 11.1. The summed E-state index contributed by atoms with van der Waals surface area (Å²) in [4.78, 5) is 29.8. The Morgan fingerprint density at radius 1 is 1.03 bits per heavy atom. The number of likely N-dealkylation sites (tertiary alicyclic amines) is 1. The van der Waals surface area contributed by atoms with E-state index in [0.717, 1.165) is 13.1 Å². The molecule has 1 amide bonds. The highest BCUT2D eigenvalue weighted by molar-refractivity contribution is 6.46. The van der Waals surface area contributed by atoms with Gasteiger partial charge in [0.05, 0.1) is 28.3 Å². The average molecular weight is 491 g/mol. The molecule has 3 rings (SSSR count). The van der Waals surface area contributed by atoms with Gasteiger partial charge in [-0.15, -0.1) is 0 Å². The van der Waals surface area contributed by atoms with Crippen molar-refractivity contribution >= 4 is 40.7 Å². The van der Waals surface area contributed by atoms with E-state index in [1.807, 2.05) is 20.8 Å². The number of hydrogen-bond donors (Lipinski definition) is 1. The number of ketones is 1. The smallest absolute Gasteiger partial charge is 0.295 e. The molecule has 33 heavy (non-hydrogen) atoms. The minimum atomic E-state index is -0.776. The van der Waals surface area contributed by atoms with Gasteiger partial charge in [0.25, 0.3) is 11.7 Å². The van der Waals surface area contributed by atoms with E-state index in [4.69, 9.17) is 27.9 Å². The highest BCUT2D eigenvalue weighted by Crippen LogP contribution is 2.41. The Labute approximate surface area is 204 Å². The number of aliphatic hydroxyl groups excluding tert-OH is 1. The first-order valence-electron chi connectivity index (χ1n) is 11.0. The van der Waals surface area contributed by atoms with E-state index in [-0.39, 0.29) is 11.3 Å². The van der Waals surface area contributed by atoms with Gasteiger partial charge >= 0.3 is 0 Å². The number of benzene rings is 2. The van der Waals surface area contributed by atoms with Gasteiger partial charge in [0, 0.05) is 18.7 Å². The summed E-state index contributed by atoms with van der Waals surface area (Å²) in [5, 5.41) is 11.8. The first kappa shape index (κ1) is 25.1. The number of Topliss-reactive ketones (excluding diaryl/α,β-unsaturated/α-hetero) is 1. The normalized spacial score (nSPS) is 17.8. The van der Waals surface area contributed by atoms with Gasteiger partial charge in [0.1, 0.15) is 11.5 Å². The first-order valence-corrected chi connectivity index (χ1v) is 11.8. The molecule has 1 heterocycles. The zero-order chi connectivity index (χ0) is 24.1. The van der Waals surface area contributed by atoms with Crippen molar-refractivity contribution in [3.8, 4) is 5.75 Å². The van der Waals surface area contributed by atoms with Gasteiger partial charge < -0.3 is 19.6 Å². The number of halogens is 2. The minimum Gasteiger partial charge on any atom is -0.507 e. The summed E-state index contributed by atoms with van der Waals surface area (Å²) < 4.78 is 5.45. The molecule has 1 aliphatic heterocycles. The van der Waals surface area contributed by atoms with E-state index in [1.165, 1.54) is 4.90 Å². The number of hydrogen-bond acceptors (Lipinski definition) is 5. The Morgan fingerprint density at radius 2 is 1.70 bits per heavy atom. The van der Waals surface area contributed by atoms with Crippen LogP contribution >= 0.6 is 23.2 Å². The molecule has 0 saturated carbocycles. The molecule has 0 aromatic heterocycles. The highest BCUT2D eigenvalue weighted by Gasteiger charge is 2.46. The summed E-state index contributed by atoms with van der Waals surface area (Å²) in [6, 6.07) is 11.0. The maximum absolute atomic E-state index is 13.1. The zero-order valence-corrected chi connectivity index (χ0v) is 20.5. The number of aliphatic hydroxyl groups is 1. The summed E-state index contributed by atoms with van der Waals surface area (Å²) >= 11 is 12.4. The molecule has 1 saturated heterocycles. The molecule has 1 N–H and O–H groups in total. The molecule has 0 spiro atoms. The van der Waals surface area contributed by atoms with E-state index in [1.54, 1.807) is 42.5 Å². The first-order chi connectivity index (χ1) is 15.8. The lowest BCUT2D eigenvalue weighted by Crippen LogP contribution is -2.38. The lowest BCUT2D eigenvalue weighted by Gasteiger charge is -2.28. The van der Waals surface area contributed by atoms with Gasteiger partial charge in [-0.1, -0.05) is 43.1 Å². The fraction of sp³-hybridized carbons (Fsp3) is 0.360. The molecule has 1 aliphatic rings. The molecule has 1 atom stereocenters. The van der Waals surface area contributed by atoms with Crippen LogP contribution in [0.25, 0.3) is 5.76 Å². The van der Waals surface area contributed by atoms with E-state index in [9.17, 15) is 14.7 Å². The van der Waals surface area contributed by atoms with Gasteiger partial charge in [-0.25, -0.2) is 0 Å². The summed E-state index contributed by atoms with van der Waals surface area (Å²) in [7, 11) is 0. The van der Waals surface area contributed by atoms with Crippen molar-refractivity contribution in [3.63, 3.8) is 0 Å². The Hall–Kier alpha value is -2.54. The van der Waals surface area contributed by atoms with Crippen LogP contribution in [-0.4, -0.2) is 59.4 Å². The Bertz CT molecular complexity index is 1050. The van der Waals surface area contributed by atoms with E-state index in [2.05, 4.69) is 4.90 Å². The van der Waals surface area contributed by atoms with Crippen LogP contribution in [0.1, 0.15) is 37.9 Å². The van der Waals surface area contributed by atoms with Crippen LogP contribution in [0.4, 0.5) is 0 Å². The topological polar surface area (TPSA) is 70.1 Å². The fourth-order valence-electron chi connectivity index (χ4n) is 3.96. The maximum Gasteiger partial charge on any atom is 0.295 e. The predicted octanol–water partition coefficient (Wildman–Crippen LogP) is 5.16. The number of carbonyl (C=O) groups excluding carboxylic acids is 2. The number of carbonyl (C=O) groups is 2. The molecule has 0 bridgehead atoms. The summed E-state index contributed by atoms with van der Waals surface area (Å²) in [6.45, 7) is 9.05. The van der Waals surface area contributed by atoms with Crippen LogP contribution in [0, 0.1) is 0 Å². The van der Waals surface area contributed by atoms with Crippen LogP contribution in [0.5, 0.6) is 5.75 Å². The Kier molecular flexibility index (Phi) is 8.40. The number of nitrogens with zero attached hydrogens (tertiary/aromatic N) is 2. The van der Waals surface area contributed by atoms with Gasteiger partial charge in [0.15, 0.2) is 0 Å². The third-order valence-corrected chi connectivity index (χ3v) is 6.53. The van der Waals surface area contributed by atoms with Gasteiger partial charge in [-0.3, -0.25) is 9.59 Å². The molecule has 176 valence electrons. The summed E-state index contributed by atoms with van der Waals surface area (Å²) in [6.07, 6.45) is 0. The van der Waals surface area contributed by atoms with Gasteiger partial charge in [-0.05, 0) is 62.0 Å². The number of rotatable bonds is 9. The van der Waals surface area contributed by atoms with Crippen molar-refractivity contribution in [2.75, 3.05) is 32.8 Å². The van der Waals surface area contributed by atoms with Crippen molar-refractivity contribution in [2.45, 2.75) is 26.8 Å². The quantitative estimate of drug-likeness (QED) is 0.298. The summed E-state index contributed by atoms with van der Waals surface area (Å²) in [5.74, 6) is -0.963. The SMILES string of the molecule is CCOc1ccc(/C(O)=C2/C(=O)C(=O)N(CCN(CC)CC)C2c2ccc(Cl)c(Cl)c2)cc1. The van der Waals surface area contributed by atoms with E-state index < -0.39 is 17.7 Å². The maximum atomic E-state index is 13.1. The highest BCUT2D eigenvalue weighted by atomic mass is 35.5. The van der Waals surface area contributed by atoms with Crippen LogP contribution in [0.15, 0.2) is 48.0 Å². The summed E-state index contributed by atoms with van der Waals surface area (Å²) in [5.41, 5.74) is 1.06. The molecule has 2 aromatic rings. The molecule has 8 heteroatoms. The molecule has 0 radical (unpaired) electrons. The average Bonchev–Trinajstić information content (AvgIpc) is 3.06. The van der Waals surface area contributed by atoms with Crippen molar-refractivity contribution < 1.29 is 19.4 Å². The molecule has 6 nitrogen and oxygen atoms in total. The Balaban J connectivity index is 2.09. The standard InChI is InChI=1S/C25H28Cl2N2O4/c1-4-28(5-2)13-14-29-22(17-9-12-19(26)20(27)15-17)21(24(31)25(29)32)23(30)16-7-10-18(11-8-16)33-6-3/h7-12,15,22,30H,4-6,13-14H2,1-3H3/b23-21-. The molecular formula is C25H28Cl2N2O4. The predicted molar refractivity (Wildman–Crippen MR) is 131 cm³/mol. The molecule has 2 aromatic carbocycles. The largest absolute Gasteiger partial charge is 0.507 e. The Morgan fingerprint density at radius 3 is 2.27 bits per heavy atom. The molecule has 1 unspecified atom stereocenters. The second-order valence-electron chi connectivity index (χ2n) is 7.65. The number of amides is 1. The van der Waals surface area contributed by atoms with Crippen molar-refractivity contribution in [1.29, 1.82) is 0 Å². The van der Waals surface area contributed by atoms with Crippen LogP contribution in [0.3, 0.4) is 0 Å². The van der Waals surface area contributed by atoms with Crippen molar-refractivity contribution in [1.82, 2.24) is 9.80 Å². The lowest BCUT2D eigenvalue weighted by atomic mass is 9.95. The van der Waals surface area contributed by atoms with E-state index in [0.29, 0.717) is 46.6 Å². The molecule has 0 aliphatic carbocycles.